The van der Waals surface area contributed by atoms with E-state index in [1.54, 1.807) is 24.3 Å². The average Bonchev–Trinajstić information content (AvgIpc) is 2.95. The van der Waals surface area contributed by atoms with Gasteiger partial charge >= 0.3 is 5.97 Å². The third kappa shape index (κ3) is 7.86. The van der Waals surface area contributed by atoms with Crippen LogP contribution in [-0.4, -0.2) is 30.5 Å². The van der Waals surface area contributed by atoms with Gasteiger partial charge in [-0.3, -0.25) is 9.59 Å². The average molecular weight is 775 g/mol. The molecule has 2 N–H and O–H groups in total. The molecule has 4 rings (SSSR count). The van der Waals surface area contributed by atoms with Crippen molar-refractivity contribution in [3.63, 3.8) is 0 Å². The zero-order chi connectivity index (χ0) is 28.5. The van der Waals surface area contributed by atoms with Crippen LogP contribution >= 0.6 is 54.5 Å². The van der Waals surface area contributed by atoms with Gasteiger partial charge in [-0.25, -0.2) is 10.2 Å². The predicted octanol–water partition coefficient (Wildman–Crippen LogP) is 6.43. The molecule has 0 heterocycles. The van der Waals surface area contributed by atoms with Crippen LogP contribution < -0.4 is 15.5 Å². The van der Waals surface area contributed by atoms with Crippen LogP contribution in [0.5, 0.6) is 5.75 Å². The molecule has 0 unspecified atom stereocenters. The highest BCUT2D eigenvalue weighted by molar-refractivity contribution is 14.1. The lowest BCUT2D eigenvalue weighted by Gasteiger charge is -2.17. The molecule has 0 aliphatic rings. The van der Waals surface area contributed by atoms with Gasteiger partial charge in [-0.15, -0.1) is 0 Å². The summed E-state index contributed by atoms with van der Waals surface area (Å²) in [6, 6.07) is 29.3. The van der Waals surface area contributed by atoms with Crippen molar-refractivity contribution in [3.8, 4) is 5.75 Å². The van der Waals surface area contributed by atoms with Crippen molar-refractivity contribution in [2.75, 3.05) is 6.54 Å². The summed E-state index contributed by atoms with van der Waals surface area (Å²) in [6.45, 7) is -0.275. The van der Waals surface area contributed by atoms with Crippen LogP contribution in [0.4, 0.5) is 0 Å². The van der Waals surface area contributed by atoms with Crippen molar-refractivity contribution in [3.05, 3.63) is 132 Å². The van der Waals surface area contributed by atoms with E-state index in [4.69, 9.17) is 4.74 Å². The largest absolute Gasteiger partial charge is 0.421 e. The number of hydrazone groups is 1. The Labute approximate surface area is 261 Å². The van der Waals surface area contributed by atoms with Gasteiger partial charge in [0.05, 0.1) is 28.7 Å². The minimum absolute atomic E-state index is 0.243. The minimum atomic E-state index is -0.567. The maximum Gasteiger partial charge on any atom is 0.344 e. The molecule has 10 heteroatoms. The van der Waals surface area contributed by atoms with Crippen molar-refractivity contribution in [2.24, 2.45) is 5.10 Å². The number of benzene rings is 4. The Morgan fingerprint density at radius 2 is 1.48 bits per heavy atom. The molecule has 4 aromatic rings. The highest BCUT2D eigenvalue weighted by Crippen LogP contribution is 2.33. The number of amides is 2. The van der Waals surface area contributed by atoms with Gasteiger partial charge in [-0.1, -0.05) is 88.7 Å². The first kappa shape index (κ1) is 29.6. The molecule has 0 aliphatic carbocycles. The zero-order valence-electron chi connectivity index (χ0n) is 20.8. The highest BCUT2D eigenvalue weighted by atomic mass is 127. The van der Waals surface area contributed by atoms with E-state index in [1.807, 2.05) is 72.8 Å². The van der Waals surface area contributed by atoms with Crippen LogP contribution in [0.25, 0.3) is 0 Å². The number of nitrogens with one attached hydrogen (secondary N) is 2. The Morgan fingerprint density at radius 1 is 0.875 bits per heavy atom. The number of carbonyl (C=O) groups excluding carboxylic acids is 3. The topological polar surface area (TPSA) is 96.9 Å². The van der Waals surface area contributed by atoms with E-state index < -0.39 is 17.8 Å². The molecule has 0 aromatic heterocycles. The van der Waals surface area contributed by atoms with Crippen molar-refractivity contribution in [2.45, 2.75) is 5.92 Å². The lowest BCUT2D eigenvalue weighted by molar-refractivity contribution is -0.126. The smallest absolute Gasteiger partial charge is 0.344 e. The van der Waals surface area contributed by atoms with Crippen molar-refractivity contribution in [1.82, 2.24) is 10.7 Å². The Balaban J connectivity index is 1.42. The Hall–Kier alpha value is -3.35. The van der Waals surface area contributed by atoms with Gasteiger partial charge in [0.1, 0.15) is 0 Å². The van der Waals surface area contributed by atoms with Crippen LogP contribution in [0, 0.1) is 3.57 Å². The van der Waals surface area contributed by atoms with Crippen LogP contribution in [0.3, 0.4) is 0 Å². The number of nitrogens with zero attached hydrogens (tertiary/aromatic N) is 1. The molecule has 0 aliphatic heterocycles. The summed E-state index contributed by atoms with van der Waals surface area (Å²) in [5.41, 5.74) is 4.91. The molecule has 40 heavy (non-hydrogen) atoms. The Bertz CT molecular complexity index is 1510. The Kier molecular flexibility index (Phi) is 10.6. The third-order valence-electron chi connectivity index (χ3n) is 5.67. The van der Waals surface area contributed by atoms with E-state index >= 15 is 0 Å². The van der Waals surface area contributed by atoms with Crippen molar-refractivity contribution >= 4 is 78.4 Å². The first-order valence-corrected chi connectivity index (χ1v) is 14.6. The fourth-order valence-electron chi connectivity index (χ4n) is 3.83. The van der Waals surface area contributed by atoms with Crippen molar-refractivity contribution < 1.29 is 19.1 Å². The van der Waals surface area contributed by atoms with Gasteiger partial charge in [-0.2, -0.15) is 5.10 Å². The number of halogens is 3. The molecule has 0 radical (unpaired) electrons. The molecule has 202 valence electrons. The van der Waals surface area contributed by atoms with E-state index in [0.29, 0.717) is 20.1 Å². The number of carbonyl (C=O) groups is 3. The molecule has 7 nitrogen and oxygen atoms in total. The fourth-order valence-corrected chi connectivity index (χ4v) is 5.77. The fraction of sp³-hybridized carbons (Fsp3) is 0.0667. The number of rotatable bonds is 9. The monoisotopic (exact) mass is 773 g/mol. The number of esters is 1. The molecule has 0 bridgehead atoms. The van der Waals surface area contributed by atoms with E-state index in [-0.39, 0.29) is 18.2 Å². The van der Waals surface area contributed by atoms with E-state index in [1.165, 1.54) is 6.21 Å². The summed E-state index contributed by atoms with van der Waals surface area (Å²) in [5, 5.41) is 6.71. The second-order valence-corrected chi connectivity index (χ2v) is 11.4. The van der Waals surface area contributed by atoms with Gasteiger partial charge < -0.3 is 10.1 Å². The highest BCUT2D eigenvalue weighted by Gasteiger charge is 2.23. The second kappa shape index (κ2) is 14.3. The molecule has 0 saturated carbocycles. The minimum Gasteiger partial charge on any atom is -0.421 e. The standard InChI is InChI=1S/C30H22Br2IN3O4/c31-22-15-21(28(24(32)16-22)40-30(39)23-13-7-8-14-25(23)33)17-35-36-26(37)18-34-29(38)27(19-9-3-1-4-10-19)20-11-5-2-6-12-20/h1-17,27H,18H2,(H,34,38)(H,36,37). The first-order chi connectivity index (χ1) is 19.3. The van der Waals surface area contributed by atoms with Crippen LogP contribution in [0.15, 0.2) is 111 Å². The quantitative estimate of drug-likeness (QED) is 0.0674. The number of hydrogen-bond acceptors (Lipinski definition) is 5. The van der Waals surface area contributed by atoms with Crippen LogP contribution in [-0.2, 0) is 9.59 Å². The van der Waals surface area contributed by atoms with Gasteiger partial charge in [0, 0.05) is 13.6 Å². The Morgan fingerprint density at radius 3 is 2.10 bits per heavy atom. The lowest BCUT2D eigenvalue weighted by atomic mass is 9.90. The molecule has 0 atom stereocenters. The summed E-state index contributed by atoms with van der Waals surface area (Å²) in [6.07, 6.45) is 1.37. The van der Waals surface area contributed by atoms with Crippen LogP contribution in [0.2, 0.25) is 0 Å². The van der Waals surface area contributed by atoms with E-state index in [9.17, 15) is 14.4 Å². The summed E-state index contributed by atoms with van der Waals surface area (Å²) in [7, 11) is 0. The second-order valence-electron chi connectivity index (χ2n) is 8.44. The molecule has 4 aromatic carbocycles. The number of hydrogen-bond donors (Lipinski definition) is 2. The number of ether oxygens (including phenoxy) is 1. The van der Waals surface area contributed by atoms with Crippen molar-refractivity contribution in [1.29, 1.82) is 0 Å². The maximum absolute atomic E-state index is 13.1. The molecule has 0 fully saturated rings. The first-order valence-electron chi connectivity index (χ1n) is 12.0. The van der Waals surface area contributed by atoms with E-state index in [2.05, 4.69) is 70.3 Å². The van der Waals surface area contributed by atoms with Gasteiger partial charge in [0.25, 0.3) is 5.91 Å². The zero-order valence-corrected chi connectivity index (χ0v) is 26.1. The molecule has 2 amide bonds. The van der Waals surface area contributed by atoms with Gasteiger partial charge in [0.2, 0.25) is 5.91 Å². The lowest BCUT2D eigenvalue weighted by Crippen LogP contribution is -2.37. The summed E-state index contributed by atoms with van der Waals surface area (Å²) < 4.78 is 7.66. The van der Waals surface area contributed by atoms with Gasteiger partial charge in [-0.05, 0) is 73.9 Å². The summed E-state index contributed by atoms with van der Waals surface area (Å²) >= 11 is 8.91. The normalized spacial score (nSPS) is 10.9. The maximum atomic E-state index is 13.1. The van der Waals surface area contributed by atoms with E-state index in [0.717, 1.165) is 14.7 Å². The molecule has 0 saturated heterocycles. The summed E-state index contributed by atoms with van der Waals surface area (Å²) in [5.74, 6) is -1.68. The molecular weight excluding hydrogens is 753 g/mol. The molecule has 0 spiro atoms. The van der Waals surface area contributed by atoms with Crippen LogP contribution in [0.1, 0.15) is 33.0 Å². The third-order valence-corrected chi connectivity index (χ3v) is 7.66. The predicted molar refractivity (Wildman–Crippen MR) is 169 cm³/mol. The SMILES string of the molecule is O=C(CNC(=O)C(c1ccccc1)c1ccccc1)NN=Cc1cc(Br)cc(Br)c1OC(=O)c1ccccc1I. The van der Waals surface area contributed by atoms with Gasteiger partial charge in [0.15, 0.2) is 5.75 Å². The summed E-state index contributed by atoms with van der Waals surface area (Å²) in [4.78, 5) is 38.4. The molecular formula is C30H22Br2IN3O4.